The highest BCUT2D eigenvalue weighted by Crippen LogP contribution is 2.11. The number of likely N-dealkylation sites (N-methyl/N-ethyl adjacent to an activating group) is 1. The van der Waals surface area contributed by atoms with Crippen LogP contribution in [0, 0.1) is 23.2 Å². The Balaban J connectivity index is 2.63. The van der Waals surface area contributed by atoms with Gasteiger partial charge in [0.2, 0.25) is 5.91 Å². The van der Waals surface area contributed by atoms with E-state index in [4.69, 9.17) is 5.26 Å². The summed E-state index contributed by atoms with van der Waals surface area (Å²) in [5, 5.41) is 8.87. The fourth-order valence-electron chi connectivity index (χ4n) is 2.33. The summed E-state index contributed by atoms with van der Waals surface area (Å²) in [5.74, 6) is 0.610. The SMILES string of the molecule is CCN(CC(C)C#N)C(=O)Cc1ccc(CC(C)C)cc1. The van der Waals surface area contributed by atoms with Gasteiger partial charge in [-0.1, -0.05) is 38.1 Å². The fourth-order valence-corrected chi connectivity index (χ4v) is 2.33. The van der Waals surface area contributed by atoms with Crippen molar-refractivity contribution in [3.8, 4) is 6.07 Å². The number of nitrogens with zero attached hydrogens (tertiary/aromatic N) is 2. The highest BCUT2D eigenvalue weighted by atomic mass is 16.2. The van der Waals surface area contributed by atoms with Crippen LogP contribution in [0.2, 0.25) is 0 Å². The molecule has 1 unspecified atom stereocenters. The van der Waals surface area contributed by atoms with Crippen molar-refractivity contribution in [3.63, 3.8) is 0 Å². The van der Waals surface area contributed by atoms with E-state index in [0.717, 1.165) is 12.0 Å². The van der Waals surface area contributed by atoms with E-state index in [2.05, 4.69) is 32.0 Å². The summed E-state index contributed by atoms with van der Waals surface area (Å²) in [5.41, 5.74) is 2.35. The predicted molar refractivity (Wildman–Crippen MR) is 85.7 cm³/mol. The molecule has 0 aromatic heterocycles. The van der Waals surface area contributed by atoms with E-state index in [0.29, 0.717) is 25.4 Å². The molecule has 1 amide bonds. The summed E-state index contributed by atoms with van der Waals surface area (Å²) in [6.07, 6.45) is 1.48. The van der Waals surface area contributed by atoms with E-state index in [1.807, 2.05) is 26.0 Å². The minimum atomic E-state index is -0.123. The Bertz CT molecular complexity index is 485. The first-order valence-electron chi connectivity index (χ1n) is 7.71. The highest BCUT2D eigenvalue weighted by Gasteiger charge is 2.15. The number of nitriles is 1. The molecule has 0 spiro atoms. The van der Waals surface area contributed by atoms with Crippen molar-refractivity contribution in [1.82, 2.24) is 4.90 Å². The van der Waals surface area contributed by atoms with Crippen LogP contribution in [-0.2, 0) is 17.6 Å². The summed E-state index contributed by atoms with van der Waals surface area (Å²) >= 11 is 0. The lowest BCUT2D eigenvalue weighted by Crippen LogP contribution is -2.35. The van der Waals surface area contributed by atoms with E-state index in [-0.39, 0.29) is 11.8 Å². The monoisotopic (exact) mass is 286 g/mol. The Morgan fingerprint density at radius 1 is 1.19 bits per heavy atom. The van der Waals surface area contributed by atoms with Crippen molar-refractivity contribution in [3.05, 3.63) is 35.4 Å². The molecule has 1 aromatic carbocycles. The van der Waals surface area contributed by atoms with Crippen LogP contribution in [0.25, 0.3) is 0 Å². The van der Waals surface area contributed by atoms with Crippen molar-refractivity contribution in [2.75, 3.05) is 13.1 Å². The van der Waals surface area contributed by atoms with Crippen molar-refractivity contribution in [2.24, 2.45) is 11.8 Å². The van der Waals surface area contributed by atoms with Crippen LogP contribution < -0.4 is 0 Å². The molecule has 0 N–H and O–H groups in total. The molecule has 3 heteroatoms. The molecule has 3 nitrogen and oxygen atoms in total. The van der Waals surface area contributed by atoms with Gasteiger partial charge in [-0.25, -0.2) is 0 Å². The third-order valence-electron chi connectivity index (χ3n) is 3.47. The van der Waals surface area contributed by atoms with E-state index >= 15 is 0 Å². The maximum absolute atomic E-state index is 12.3. The number of benzene rings is 1. The first-order chi connectivity index (χ1) is 9.96. The normalized spacial score (nSPS) is 12.0. The van der Waals surface area contributed by atoms with Gasteiger partial charge in [-0.05, 0) is 37.3 Å². The molecular formula is C18H26N2O. The zero-order valence-electron chi connectivity index (χ0n) is 13.6. The molecule has 0 radical (unpaired) electrons. The Kier molecular flexibility index (Phi) is 6.94. The van der Waals surface area contributed by atoms with Gasteiger partial charge >= 0.3 is 0 Å². The second kappa shape index (κ2) is 8.46. The van der Waals surface area contributed by atoms with Crippen LogP contribution in [0.1, 0.15) is 38.8 Å². The quantitative estimate of drug-likeness (QED) is 0.770. The molecule has 0 aliphatic heterocycles. The van der Waals surface area contributed by atoms with E-state index in [1.165, 1.54) is 5.56 Å². The number of hydrogen-bond acceptors (Lipinski definition) is 2. The van der Waals surface area contributed by atoms with Gasteiger partial charge in [0, 0.05) is 13.1 Å². The lowest BCUT2D eigenvalue weighted by Gasteiger charge is -2.22. The van der Waals surface area contributed by atoms with E-state index in [9.17, 15) is 4.79 Å². The van der Waals surface area contributed by atoms with Crippen molar-refractivity contribution in [2.45, 2.75) is 40.5 Å². The van der Waals surface area contributed by atoms with Crippen LogP contribution in [0.4, 0.5) is 0 Å². The van der Waals surface area contributed by atoms with Crippen molar-refractivity contribution in [1.29, 1.82) is 5.26 Å². The smallest absolute Gasteiger partial charge is 0.227 e. The number of carbonyl (C=O) groups is 1. The molecule has 1 rings (SSSR count). The molecule has 1 atom stereocenters. The molecule has 0 fully saturated rings. The number of amides is 1. The van der Waals surface area contributed by atoms with E-state index in [1.54, 1.807) is 4.90 Å². The Hall–Kier alpha value is -1.82. The predicted octanol–water partition coefficient (Wildman–Crippen LogP) is 3.44. The summed E-state index contributed by atoms with van der Waals surface area (Å²) in [7, 11) is 0. The molecule has 0 heterocycles. The van der Waals surface area contributed by atoms with Crippen LogP contribution in [0.15, 0.2) is 24.3 Å². The third-order valence-corrected chi connectivity index (χ3v) is 3.47. The largest absolute Gasteiger partial charge is 0.341 e. The van der Waals surface area contributed by atoms with Gasteiger partial charge in [0.05, 0.1) is 18.4 Å². The number of hydrogen-bond donors (Lipinski definition) is 0. The van der Waals surface area contributed by atoms with Crippen LogP contribution in [-0.4, -0.2) is 23.9 Å². The van der Waals surface area contributed by atoms with Gasteiger partial charge in [0.1, 0.15) is 0 Å². The van der Waals surface area contributed by atoms with Crippen LogP contribution >= 0.6 is 0 Å². The van der Waals surface area contributed by atoms with Gasteiger partial charge < -0.3 is 4.90 Å². The van der Waals surface area contributed by atoms with Gasteiger partial charge in [-0.2, -0.15) is 5.26 Å². The summed E-state index contributed by atoms with van der Waals surface area (Å²) in [6, 6.07) is 10.5. The minimum Gasteiger partial charge on any atom is -0.341 e. The Morgan fingerprint density at radius 2 is 1.76 bits per heavy atom. The summed E-state index contributed by atoms with van der Waals surface area (Å²) in [6.45, 7) is 9.36. The fraction of sp³-hybridized carbons (Fsp3) is 0.556. The number of carbonyl (C=O) groups excluding carboxylic acids is 1. The van der Waals surface area contributed by atoms with Gasteiger partial charge in [0.15, 0.2) is 0 Å². The summed E-state index contributed by atoms with van der Waals surface area (Å²) < 4.78 is 0. The molecular weight excluding hydrogens is 260 g/mol. The third kappa shape index (κ3) is 5.99. The molecule has 0 aliphatic rings. The standard InChI is InChI=1S/C18H26N2O/c1-5-20(13-15(4)12-19)18(21)11-17-8-6-16(7-9-17)10-14(2)3/h6-9,14-15H,5,10-11,13H2,1-4H3. The van der Waals surface area contributed by atoms with Crippen LogP contribution in [0.3, 0.4) is 0 Å². The lowest BCUT2D eigenvalue weighted by atomic mass is 10.0. The highest BCUT2D eigenvalue weighted by molar-refractivity contribution is 5.78. The first-order valence-corrected chi connectivity index (χ1v) is 7.71. The lowest BCUT2D eigenvalue weighted by molar-refractivity contribution is -0.130. The van der Waals surface area contributed by atoms with Crippen molar-refractivity contribution >= 4 is 5.91 Å². The molecule has 114 valence electrons. The Labute approximate surface area is 128 Å². The molecule has 0 saturated heterocycles. The second-order valence-electron chi connectivity index (χ2n) is 6.05. The first kappa shape index (κ1) is 17.2. The number of rotatable bonds is 7. The average molecular weight is 286 g/mol. The maximum atomic E-state index is 12.3. The maximum Gasteiger partial charge on any atom is 0.227 e. The minimum absolute atomic E-state index is 0.0937. The molecule has 0 saturated carbocycles. The topological polar surface area (TPSA) is 44.1 Å². The van der Waals surface area contributed by atoms with Gasteiger partial charge in [-0.3, -0.25) is 4.79 Å². The van der Waals surface area contributed by atoms with Gasteiger partial charge in [0.25, 0.3) is 0 Å². The Morgan fingerprint density at radius 3 is 2.24 bits per heavy atom. The van der Waals surface area contributed by atoms with Crippen LogP contribution in [0.5, 0.6) is 0 Å². The zero-order valence-corrected chi connectivity index (χ0v) is 13.6. The van der Waals surface area contributed by atoms with Gasteiger partial charge in [-0.15, -0.1) is 0 Å². The molecule has 0 aliphatic carbocycles. The van der Waals surface area contributed by atoms with E-state index < -0.39 is 0 Å². The molecule has 21 heavy (non-hydrogen) atoms. The molecule has 1 aromatic rings. The second-order valence-corrected chi connectivity index (χ2v) is 6.05. The summed E-state index contributed by atoms with van der Waals surface area (Å²) in [4.78, 5) is 14.0. The van der Waals surface area contributed by atoms with Crippen molar-refractivity contribution < 1.29 is 4.79 Å². The average Bonchev–Trinajstić information content (AvgIpc) is 2.45. The molecule has 0 bridgehead atoms. The zero-order chi connectivity index (χ0) is 15.8.